The first-order chi connectivity index (χ1) is 14.5. The molecule has 1 amide bonds. The first-order valence-electron chi connectivity index (χ1n) is 10.1. The number of benzene rings is 2. The van der Waals surface area contributed by atoms with E-state index in [9.17, 15) is 17.6 Å². The van der Waals surface area contributed by atoms with Gasteiger partial charge in [-0.25, -0.2) is 17.5 Å². The predicted molar refractivity (Wildman–Crippen MR) is 117 cm³/mol. The summed E-state index contributed by atoms with van der Waals surface area (Å²) in [5.41, 5.74) is -0.0432. The Morgan fingerprint density at radius 1 is 1.03 bits per heavy atom. The normalized spacial score (nSPS) is 15.1. The van der Waals surface area contributed by atoms with E-state index in [-0.39, 0.29) is 23.2 Å². The molecule has 0 spiro atoms. The van der Waals surface area contributed by atoms with Crippen molar-refractivity contribution in [2.45, 2.75) is 31.2 Å². The molecule has 0 bridgehead atoms. The van der Waals surface area contributed by atoms with Crippen LogP contribution in [0, 0.1) is 5.82 Å². The van der Waals surface area contributed by atoms with Gasteiger partial charge in [-0.3, -0.25) is 4.79 Å². The average Bonchev–Trinajstić information content (AvgIpc) is 2.71. The lowest BCUT2D eigenvalue weighted by molar-refractivity contribution is -0.133. The maximum Gasteiger partial charge on any atom is 0.260 e. The number of amides is 1. The molecule has 1 fully saturated rings. The smallest absolute Gasteiger partial charge is 0.260 e. The van der Waals surface area contributed by atoms with Gasteiger partial charge in [-0.05, 0) is 57.2 Å². The zero-order valence-electron chi connectivity index (χ0n) is 18.0. The Hall–Kier alpha value is -2.65. The fourth-order valence-electron chi connectivity index (χ4n) is 3.32. The second-order valence-electron chi connectivity index (χ2n) is 8.43. The number of hydrogen-bond donors (Lipinski definition) is 1. The number of carbonyl (C=O) groups is 1. The van der Waals surface area contributed by atoms with E-state index in [4.69, 9.17) is 4.74 Å². The largest absolute Gasteiger partial charge is 0.484 e. The van der Waals surface area contributed by atoms with E-state index in [2.05, 4.69) is 4.72 Å². The number of rotatable bonds is 6. The molecule has 7 nitrogen and oxygen atoms in total. The van der Waals surface area contributed by atoms with Crippen molar-refractivity contribution in [1.82, 2.24) is 9.62 Å². The van der Waals surface area contributed by atoms with Crippen LogP contribution < -0.4 is 14.4 Å². The van der Waals surface area contributed by atoms with E-state index < -0.39 is 15.6 Å². The molecule has 0 aliphatic carbocycles. The zero-order chi connectivity index (χ0) is 22.6. The van der Waals surface area contributed by atoms with Crippen molar-refractivity contribution in [1.29, 1.82) is 0 Å². The summed E-state index contributed by atoms with van der Waals surface area (Å²) in [7, 11) is -3.63. The predicted octanol–water partition coefficient (Wildman–Crippen LogP) is 2.63. The summed E-state index contributed by atoms with van der Waals surface area (Å²) in [4.78, 5) is 16.2. The molecule has 1 N–H and O–H groups in total. The van der Waals surface area contributed by atoms with Crippen molar-refractivity contribution in [3.8, 4) is 5.75 Å². The molecule has 168 valence electrons. The van der Waals surface area contributed by atoms with Gasteiger partial charge in [0.05, 0.1) is 10.6 Å². The van der Waals surface area contributed by atoms with Gasteiger partial charge in [-0.2, -0.15) is 0 Å². The quantitative estimate of drug-likeness (QED) is 0.734. The van der Waals surface area contributed by atoms with Crippen molar-refractivity contribution in [2.75, 3.05) is 37.7 Å². The molecule has 1 aliphatic rings. The highest BCUT2D eigenvalue weighted by Crippen LogP contribution is 2.21. The van der Waals surface area contributed by atoms with E-state index in [1.54, 1.807) is 43.9 Å². The van der Waals surface area contributed by atoms with Gasteiger partial charge in [-0.15, -0.1) is 0 Å². The number of halogens is 1. The van der Waals surface area contributed by atoms with Gasteiger partial charge in [0.15, 0.2) is 6.61 Å². The van der Waals surface area contributed by atoms with E-state index >= 15 is 0 Å². The summed E-state index contributed by atoms with van der Waals surface area (Å²) >= 11 is 0. The maximum atomic E-state index is 13.9. The molecule has 0 aromatic heterocycles. The topological polar surface area (TPSA) is 78.9 Å². The van der Waals surface area contributed by atoms with Crippen LogP contribution in [0.4, 0.5) is 10.1 Å². The second-order valence-corrected chi connectivity index (χ2v) is 10.1. The van der Waals surface area contributed by atoms with Crippen molar-refractivity contribution in [2.24, 2.45) is 0 Å². The van der Waals surface area contributed by atoms with Crippen LogP contribution in [0.2, 0.25) is 0 Å². The van der Waals surface area contributed by atoms with Crippen LogP contribution >= 0.6 is 0 Å². The Kier molecular flexibility index (Phi) is 6.86. The number of hydrogen-bond acceptors (Lipinski definition) is 5. The average molecular weight is 450 g/mol. The van der Waals surface area contributed by atoms with Crippen molar-refractivity contribution in [3.63, 3.8) is 0 Å². The molecule has 0 radical (unpaired) electrons. The van der Waals surface area contributed by atoms with E-state index in [1.165, 1.54) is 30.3 Å². The summed E-state index contributed by atoms with van der Waals surface area (Å²) in [6.45, 7) is 7.20. The number of piperazine rings is 1. The zero-order valence-corrected chi connectivity index (χ0v) is 18.8. The number of nitrogens with zero attached hydrogens (tertiary/aromatic N) is 2. The van der Waals surface area contributed by atoms with E-state index in [0.29, 0.717) is 37.6 Å². The number of para-hydroxylation sites is 1. The minimum absolute atomic E-state index is 0.130. The number of sulfonamides is 1. The van der Waals surface area contributed by atoms with Gasteiger partial charge >= 0.3 is 0 Å². The molecular formula is C22H28FN3O4S. The Labute approximate surface area is 182 Å². The van der Waals surface area contributed by atoms with Gasteiger partial charge in [0.2, 0.25) is 10.0 Å². The summed E-state index contributed by atoms with van der Waals surface area (Å²) < 4.78 is 46.7. The van der Waals surface area contributed by atoms with Gasteiger partial charge in [0.1, 0.15) is 11.6 Å². The minimum Gasteiger partial charge on any atom is -0.484 e. The SMILES string of the molecule is CC(C)(C)NS(=O)(=O)c1ccc(OCC(=O)N2CCN(c3ccccc3F)CC2)cc1. The molecule has 1 saturated heterocycles. The summed E-state index contributed by atoms with van der Waals surface area (Å²) in [6.07, 6.45) is 0. The molecule has 1 heterocycles. The van der Waals surface area contributed by atoms with Crippen LogP contribution in [0.25, 0.3) is 0 Å². The van der Waals surface area contributed by atoms with Crippen LogP contribution in [0.5, 0.6) is 5.75 Å². The lowest BCUT2D eigenvalue weighted by Gasteiger charge is -2.36. The molecule has 1 aliphatic heterocycles. The third-order valence-corrected chi connectivity index (χ3v) is 6.54. The molecular weight excluding hydrogens is 421 g/mol. The Morgan fingerprint density at radius 3 is 2.23 bits per heavy atom. The third kappa shape index (κ3) is 6.18. The number of anilines is 1. The second kappa shape index (κ2) is 9.23. The molecule has 0 unspecified atom stereocenters. The van der Waals surface area contributed by atoms with E-state index in [0.717, 1.165) is 0 Å². The molecule has 2 aromatic rings. The summed E-state index contributed by atoms with van der Waals surface area (Å²) in [5, 5.41) is 0. The molecule has 9 heteroatoms. The lowest BCUT2D eigenvalue weighted by atomic mass is 10.1. The highest BCUT2D eigenvalue weighted by atomic mass is 32.2. The van der Waals surface area contributed by atoms with Crippen LogP contribution in [0.1, 0.15) is 20.8 Å². The molecule has 31 heavy (non-hydrogen) atoms. The first kappa shape index (κ1) is 23.0. The number of ether oxygens (including phenoxy) is 1. The minimum atomic E-state index is -3.63. The van der Waals surface area contributed by atoms with Gasteiger partial charge in [0.25, 0.3) is 5.91 Å². The Balaban J connectivity index is 1.51. The Morgan fingerprint density at radius 2 is 1.65 bits per heavy atom. The van der Waals surface area contributed by atoms with Gasteiger partial charge in [-0.1, -0.05) is 12.1 Å². The number of carbonyl (C=O) groups excluding carboxylic acids is 1. The van der Waals surface area contributed by atoms with Crippen LogP contribution in [-0.2, 0) is 14.8 Å². The van der Waals surface area contributed by atoms with Gasteiger partial charge < -0.3 is 14.5 Å². The van der Waals surface area contributed by atoms with Crippen molar-refractivity contribution >= 4 is 21.6 Å². The van der Waals surface area contributed by atoms with Crippen molar-refractivity contribution in [3.05, 3.63) is 54.3 Å². The fraction of sp³-hybridized carbons (Fsp3) is 0.409. The molecule has 0 atom stereocenters. The van der Waals surface area contributed by atoms with Crippen LogP contribution in [0.3, 0.4) is 0 Å². The third-order valence-electron chi connectivity index (χ3n) is 4.76. The fourth-order valence-corrected chi connectivity index (χ4v) is 4.74. The molecule has 3 rings (SSSR count). The van der Waals surface area contributed by atoms with Crippen molar-refractivity contribution < 1.29 is 22.3 Å². The Bertz CT molecular complexity index is 1010. The lowest BCUT2D eigenvalue weighted by Crippen LogP contribution is -2.50. The first-order valence-corrected chi connectivity index (χ1v) is 11.6. The summed E-state index contributed by atoms with van der Waals surface area (Å²) in [6, 6.07) is 12.6. The monoisotopic (exact) mass is 449 g/mol. The summed E-state index contributed by atoms with van der Waals surface area (Å²) in [5.74, 6) is -0.0268. The van der Waals surface area contributed by atoms with E-state index in [1.807, 2.05) is 4.90 Å². The highest BCUT2D eigenvalue weighted by Gasteiger charge is 2.24. The highest BCUT2D eigenvalue weighted by molar-refractivity contribution is 7.89. The maximum absolute atomic E-state index is 13.9. The molecule has 2 aromatic carbocycles. The molecule has 0 saturated carbocycles. The van der Waals surface area contributed by atoms with Crippen LogP contribution in [0.15, 0.2) is 53.4 Å². The number of nitrogens with one attached hydrogen (secondary N) is 1. The van der Waals surface area contributed by atoms with Crippen LogP contribution in [-0.4, -0.2) is 57.5 Å². The standard InChI is InChI=1S/C22H28FN3O4S/c1-22(2,3)24-31(28,29)18-10-8-17(9-11-18)30-16-21(27)26-14-12-25(13-15-26)20-7-5-4-6-19(20)23/h4-11,24H,12-16H2,1-3H3. The van der Waals surface area contributed by atoms with Gasteiger partial charge in [0, 0.05) is 31.7 Å².